The zero-order valence-electron chi connectivity index (χ0n) is 12.1. The summed E-state index contributed by atoms with van der Waals surface area (Å²) in [6, 6.07) is 6.09. The second-order valence-electron chi connectivity index (χ2n) is 5.29. The number of benzene rings is 1. The molecule has 0 amide bonds. The zero-order valence-corrected chi connectivity index (χ0v) is 13.7. The summed E-state index contributed by atoms with van der Waals surface area (Å²) in [6.45, 7) is 3.57. The largest absolute Gasteiger partial charge is 0.494 e. The monoisotopic (exact) mass is 341 g/mol. The molecule has 2 rings (SSSR count). The quantitative estimate of drug-likeness (QED) is 0.843. The van der Waals surface area contributed by atoms with Crippen LogP contribution in [0.15, 0.2) is 22.7 Å². The van der Waals surface area contributed by atoms with Crippen LogP contribution in [-0.2, 0) is 4.74 Å². The molecule has 2 atom stereocenters. The lowest BCUT2D eigenvalue weighted by atomic mass is 9.98. The summed E-state index contributed by atoms with van der Waals surface area (Å²) in [5.41, 5.74) is 7.45. The number of nitrogens with two attached hydrogens (primary N) is 1. The van der Waals surface area contributed by atoms with E-state index in [0.717, 1.165) is 35.2 Å². The van der Waals surface area contributed by atoms with Crippen LogP contribution in [0.2, 0.25) is 0 Å². The molecule has 0 aromatic heterocycles. The van der Waals surface area contributed by atoms with Crippen molar-refractivity contribution in [2.45, 2.75) is 51.2 Å². The summed E-state index contributed by atoms with van der Waals surface area (Å²) in [5.74, 6) is 0.880. The van der Waals surface area contributed by atoms with Crippen LogP contribution in [0.25, 0.3) is 0 Å². The topological polar surface area (TPSA) is 44.5 Å². The highest BCUT2D eigenvalue weighted by Crippen LogP contribution is 2.30. The van der Waals surface area contributed by atoms with Crippen LogP contribution >= 0.6 is 15.9 Å². The standard InChI is InChI=1S/C16H24BrNO2/c1-2-19-13-6-8-14(15(17)11-13)16(18)9-7-12-5-3-4-10-20-12/h6,8,11-12,16H,2-5,7,9-10,18H2,1H3. The highest BCUT2D eigenvalue weighted by Gasteiger charge is 2.17. The Kier molecular flexibility index (Phi) is 6.33. The van der Waals surface area contributed by atoms with Gasteiger partial charge >= 0.3 is 0 Å². The van der Waals surface area contributed by atoms with Gasteiger partial charge in [-0.25, -0.2) is 0 Å². The third-order valence-electron chi connectivity index (χ3n) is 3.76. The lowest BCUT2D eigenvalue weighted by Crippen LogP contribution is -2.21. The molecule has 0 saturated carbocycles. The van der Waals surface area contributed by atoms with Crippen LogP contribution in [0.1, 0.15) is 50.6 Å². The lowest BCUT2D eigenvalue weighted by Gasteiger charge is -2.24. The average Bonchev–Trinajstić information content (AvgIpc) is 2.46. The van der Waals surface area contributed by atoms with Crippen LogP contribution in [-0.4, -0.2) is 19.3 Å². The van der Waals surface area contributed by atoms with Gasteiger partial charge in [0, 0.05) is 17.1 Å². The van der Waals surface area contributed by atoms with Gasteiger partial charge in [-0.15, -0.1) is 0 Å². The molecule has 1 saturated heterocycles. The molecule has 4 heteroatoms. The van der Waals surface area contributed by atoms with Crippen LogP contribution < -0.4 is 10.5 Å². The molecule has 1 aromatic rings. The molecule has 0 radical (unpaired) electrons. The molecule has 2 unspecified atom stereocenters. The molecule has 20 heavy (non-hydrogen) atoms. The number of ether oxygens (including phenoxy) is 2. The van der Waals surface area contributed by atoms with Crippen molar-refractivity contribution in [2.24, 2.45) is 5.73 Å². The van der Waals surface area contributed by atoms with Crippen molar-refractivity contribution >= 4 is 15.9 Å². The van der Waals surface area contributed by atoms with E-state index in [2.05, 4.69) is 22.0 Å². The van der Waals surface area contributed by atoms with Gasteiger partial charge in [0.25, 0.3) is 0 Å². The fraction of sp³-hybridized carbons (Fsp3) is 0.625. The lowest BCUT2D eigenvalue weighted by molar-refractivity contribution is 0.00911. The minimum absolute atomic E-state index is 0.0468. The van der Waals surface area contributed by atoms with E-state index in [1.807, 2.05) is 19.1 Å². The van der Waals surface area contributed by atoms with Gasteiger partial charge in [0.1, 0.15) is 5.75 Å². The zero-order chi connectivity index (χ0) is 14.4. The van der Waals surface area contributed by atoms with E-state index >= 15 is 0 Å². The summed E-state index contributed by atoms with van der Waals surface area (Å²) in [4.78, 5) is 0. The Morgan fingerprint density at radius 1 is 1.45 bits per heavy atom. The number of hydrogen-bond acceptors (Lipinski definition) is 3. The number of rotatable bonds is 6. The molecular weight excluding hydrogens is 318 g/mol. The van der Waals surface area contributed by atoms with E-state index in [4.69, 9.17) is 15.2 Å². The molecule has 112 valence electrons. The van der Waals surface area contributed by atoms with Gasteiger partial charge in [-0.2, -0.15) is 0 Å². The average molecular weight is 342 g/mol. The summed E-state index contributed by atoms with van der Waals surface area (Å²) >= 11 is 3.59. The maximum atomic E-state index is 6.31. The Hall–Kier alpha value is -0.580. The summed E-state index contributed by atoms with van der Waals surface area (Å²) in [5, 5.41) is 0. The van der Waals surface area contributed by atoms with Gasteiger partial charge in [-0.3, -0.25) is 0 Å². The van der Waals surface area contributed by atoms with Crippen molar-refractivity contribution in [3.63, 3.8) is 0 Å². The van der Waals surface area contributed by atoms with Crippen molar-refractivity contribution in [1.82, 2.24) is 0 Å². The third-order valence-corrected chi connectivity index (χ3v) is 4.44. The van der Waals surface area contributed by atoms with Gasteiger partial charge in [-0.05, 0) is 56.7 Å². The molecule has 0 aliphatic carbocycles. The van der Waals surface area contributed by atoms with Crippen molar-refractivity contribution in [3.8, 4) is 5.75 Å². The van der Waals surface area contributed by atoms with Crippen molar-refractivity contribution < 1.29 is 9.47 Å². The van der Waals surface area contributed by atoms with Crippen molar-refractivity contribution in [2.75, 3.05) is 13.2 Å². The minimum atomic E-state index is 0.0468. The Balaban J connectivity index is 1.89. The first kappa shape index (κ1) is 15.8. The molecule has 3 nitrogen and oxygen atoms in total. The molecule has 2 N–H and O–H groups in total. The maximum Gasteiger partial charge on any atom is 0.120 e. The Morgan fingerprint density at radius 2 is 2.30 bits per heavy atom. The minimum Gasteiger partial charge on any atom is -0.494 e. The van der Waals surface area contributed by atoms with Gasteiger partial charge in [0.05, 0.1) is 12.7 Å². The van der Waals surface area contributed by atoms with Crippen LogP contribution in [0.5, 0.6) is 5.75 Å². The predicted octanol–water partition coefficient (Wildman–Crippen LogP) is 4.20. The van der Waals surface area contributed by atoms with Crippen molar-refractivity contribution in [3.05, 3.63) is 28.2 Å². The second kappa shape index (κ2) is 8.01. The first-order valence-corrected chi connectivity index (χ1v) is 8.29. The highest BCUT2D eigenvalue weighted by molar-refractivity contribution is 9.10. The van der Waals surface area contributed by atoms with Gasteiger partial charge < -0.3 is 15.2 Å². The van der Waals surface area contributed by atoms with Crippen LogP contribution in [0, 0.1) is 0 Å². The molecule has 1 aliphatic rings. The molecule has 1 heterocycles. The Bertz CT molecular complexity index is 419. The third kappa shape index (κ3) is 4.47. The Morgan fingerprint density at radius 3 is 2.95 bits per heavy atom. The first-order valence-electron chi connectivity index (χ1n) is 7.50. The molecule has 1 aromatic carbocycles. The van der Waals surface area contributed by atoms with Gasteiger partial charge in [0.2, 0.25) is 0 Å². The SMILES string of the molecule is CCOc1ccc(C(N)CCC2CCCCO2)c(Br)c1. The van der Waals surface area contributed by atoms with Gasteiger partial charge in [0.15, 0.2) is 0 Å². The van der Waals surface area contributed by atoms with Crippen LogP contribution in [0.3, 0.4) is 0 Å². The second-order valence-corrected chi connectivity index (χ2v) is 6.14. The van der Waals surface area contributed by atoms with E-state index < -0.39 is 0 Å². The molecular formula is C16H24BrNO2. The molecule has 0 bridgehead atoms. The Labute approximate surface area is 130 Å². The van der Waals surface area contributed by atoms with Crippen molar-refractivity contribution in [1.29, 1.82) is 0 Å². The highest BCUT2D eigenvalue weighted by atomic mass is 79.9. The van der Waals surface area contributed by atoms with Gasteiger partial charge in [-0.1, -0.05) is 22.0 Å². The summed E-state index contributed by atoms with van der Waals surface area (Å²) < 4.78 is 12.3. The molecule has 0 spiro atoms. The van der Waals surface area contributed by atoms with E-state index in [9.17, 15) is 0 Å². The molecule has 1 fully saturated rings. The smallest absolute Gasteiger partial charge is 0.120 e. The first-order chi connectivity index (χ1) is 9.70. The normalized spacial score (nSPS) is 20.6. The fourth-order valence-electron chi connectivity index (χ4n) is 2.62. The number of hydrogen-bond donors (Lipinski definition) is 1. The number of halogens is 1. The summed E-state index contributed by atoms with van der Waals surface area (Å²) in [7, 11) is 0. The molecule has 1 aliphatic heterocycles. The van der Waals surface area contributed by atoms with E-state index in [0.29, 0.717) is 12.7 Å². The van der Waals surface area contributed by atoms with Crippen LogP contribution in [0.4, 0.5) is 0 Å². The summed E-state index contributed by atoms with van der Waals surface area (Å²) in [6.07, 6.45) is 6.06. The predicted molar refractivity (Wildman–Crippen MR) is 85.1 cm³/mol. The fourth-order valence-corrected chi connectivity index (χ4v) is 3.27. The maximum absolute atomic E-state index is 6.31. The van der Waals surface area contributed by atoms with E-state index in [1.54, 1.807) is 0 Å². The van der Waals surface area contributed by atoms with E-state index in [1.165, 1.54) is 19.3 Å². The van der Waals surface area contributed by atoms with E-state index in [-0.39, 0.29) is 6.04 Å².